The summed E-state index contributed by atoms with van der Waals surface area (Å²) in [4.78, 5) is 6.97. The number of hydrogen-bond acceptors (Lipinski definition) is 5. The molecule has 1 heterocycles. The fraction of sp³-hybridized carbons (Fsp3) is 0.714. The van der Waals surface area contributed by atoms with Crippen molar-refractivity contribution in [1.82, 2.24) is 9.88 Å². The van der Waals surface area contributed by atoms with E-state index in [1.165, 1.54) is 0 Å². The Morgan fingerprint density at radius 1 is 1.55 bits per heavy atom. The van der Waals surface area contributed by atoms with E-state index in [-0.39, 0.29) is 17.2 Å². The molecule has 20 heavy (non-hydrogen) atoms. The van der Waals surface area contributed by atoms with Crippen LogP contribution in [0.5, 0.6) is 0 Å². The molecule has 0 aromatic carbocycles. The maximum Gasteiger partial charge on any atom is 0.143 e. The third-order valence-corrected chi connectivity index (χ3v) is 4.11. The Morgan fingerprint density at radius 3 is 2.65 bits per heavy atom. The second-order valence-electron chi connectivity index (χ2n) is 6.13. The molecule has 1 aromatic heterocycles. The molecule has 0 spiro atoms. The van der Waals surface area contributed by atoms with Gasteiger partial charge in [0.1, 0.15) is 10.8 Å². The lowest BCUT2D eigenvalue weighted by atomic mass is 9.93. The Hall–Kier alpha value is -1.14. The van der Waals surface area contributed by atoms with Crippen molar-refractivity contribution < 1.29 is 5.21 Å². The number of hydrogen-bond donors (Lipinski definition) is 2. The van der Waals surface area contributed by atoms with E-state index < -0.39 is 0 Å². The lowest BCUT2D eigenvalue weighted by Crippen LogP contribution is -2.34. The van der Waals surface area contributed by atoms with Gasteiger partial charge in [0.05, 0.1) is 12.2 Å². The van der Waals surface area contributed by atoms with E-state index in [1.807, 2.05) is 6.92 Å². The number of thiazole rings is 1. The van der Waals surface area contributed by atoms with Crippen molar-refractivity contribution in [3.8, 4) is 0 Å². The van der Waals surface area contributed by atoms with Crippen LogP contribution in [0.4, 0.5) is 0 Å². The lowest BCUT2D eigenvalue weighted by molar-refractivity contribution is 0.257. The Bertz CT molecular complexity index is 450. The molecule has 6 heteroatoms. The third kappa shape index (κ3) is 4.76. The smallest absolute Gasteiger partial charge is 0.143 e. The largest absolute Gasteiger partial charge is 0.409 e. The molecule has 0 saturated heterocycles. The fourth-order valence-electron chi connectivity index (χ4n) is 1.80. The molecule has 5 nitrogen and oxygen atoms in total. The van der Waals surface area contributed by atoms with E-state index in [0.29, 0.717) is 0 Å². The zero-order valence-corrected chi connectivity index (χ0v) is 13.9. The Kier molecular flexibility index (Phi) is 5.95. The second-order valence-corrected chi connectivity index (χ2v) is 7.07. The molecule has 1 unspecified atom stereocenters. The molecular formula is C14H26N4OS. The van der Waals surface area contributed by atoms with Gasteiger partial charge >= 0.3 is 0 Å². The summed E-state index contributed by atoms with van der Waals surface area (Å²) >= 11 is 1.70. The Balaban J connectivity index is 2.67. The number of aromatic nitrogens is 1. The normalized spacial score (nSPS) is 14.8. The van der Waals surface area contributed by atoms with E-state index in [2.05, 4.69) is 43.1 Å². The second kappa shape index (κ2) is 7.04. The molecule has 3 N–H and O–H groups in total. The summed E-state index contributed by atoms with van der Waals surface area (Å²) < 4.78 is 0. The minimum Gasteiger partial charge on any atom is -0.409 e. The SMILES string of the molecule is CCN(Cc1nc(C(C)(C)C)cs1)CC(C)C(N)=NO. The number of nitrogens with two attached hydrogens (primary N) is 1. The van der Waals surface area contributed by atoms with E-state index >= 15 is 0 Å². The minimum atomic E-state index is 0.0296. The van der Waals surface area contributed by atoms with Gasteiger partial charge in [-0.15, -0.1) is 11.3 Å². The molecule has 0 bridgehead atoms. The van der Waals surface area contributed by atoms with Gasteiger partial charge in [0.25, 0.3) is 0 Å². The lowest BCUT2D eigenvalue weighted by Gasteiger charge is -2.22. The topological polar surface area (TPSA) is 74.7 Å². The van der Waals surface area contributed by atoms with E-state index in [9.17, 15) is 0 Å². The van der Waals surface area contributed by atoms with Crippen molar-refractivity contribution in [1.29, 1.82) is 0 Å². The van der Waals surface area contributed by atoms with Crippen LogP contribution in [0.15, 0.2) is 10.5 Å². The first-order valence-electron chi connectivity index (χ1n) is 6.92. The van der Waals surface area contributed by atoms with Gasteiger partial charge in [0, 0.05) is 23.3 Å². The maximum atomic E-state index is 8.71. The summed E-state index contributed by atoms with van der Waals surface area (Å²) in [6, 6.07) is 0. The van der Waals surface area contributed by atoms with E-state index in [0.717, 1.165) is 30.3 Å². The highest BCUT2D eigenvalue weighted by Gasteiger charge is 2.19. The predicted molar refractivity (Wildman–Crippen MR) is 84.3 cm³/mol. The summed E-state index contributed by atoms with van der Waals surface area (Å²) in [5.74, 6) is 0.306. The molecular weight excluding hydrogens is 272 g/mol. The molecule has 1 aromatic rings. The first kappa shape index (κ1) is 16.9. The van der Waals surface area contributed by atoms with Crippen LogP contribution >= 0.6 is 11.3 Å². The van der Waals surface area contributed by atoms with Crippen molar-refractivity contribution in [2.45, 2.75) is 46.6 Å². The fourth-order valence-corrected chi connectivity index (χ4v) is 2.87. The standard InChI is InChI=1S/C14H26N4OS/c1-6-18(7-10(2)13(15)17-19)8-12-16-11(9-20-12)14(3,4)5/h9-10,19H,6-8H2,1-5H3,(H2,15,17). The highest BCUT2D eigenvalue weighted by molar-refractivity contribution is 7.09. The summed E-state index contributed by atoms with van der Waals surface area (Å²) in [6.07, 6.45) is 0. The number of amidine groups is 1. The van der Waals surface area contributed by atoms with Crippen molar-refractivity contribution in [2.75, 3.05) is 13.1 Å². The van der Waals surface area contributed by atoms with E-state index in [1.54, 1.807) is 11.3 Å². The van der Waals surface area contributed by atoms with Crippen LogP contribution in [-0.2, 0) is 12.0 Å². The van der Waals surface area contributed by atoms with Gasteiger partial charge < -0.3 is 10.9 Å². The van der Waals surface area contributed by atoms with Crippen LogP contribution in [0.2, 0.25) is 0 Å². The molecule has 0 amide bonds. The summed E-state index contributed by atoms with van der Waals surface area (Å²) in [5.41, 5.74) is 6.86. The van der Waals surface area contributed by atoms with Gasteiger partial charge in [-0.1, -0.05) is 39.8 Å². The van der Waals surface area contributed by atoms with Gasteiger partial charge in [0.15, 0.2) is 0 Å². The zero-order chi connectivity index (χ0) is 15.3. The van der Waals surface area contributed by atoms with Crippen molar-refractivity contribution in [3.05, 3.63) is 16.1 Å². The highest BCUT2D eigenvalue weighted by Crippen LogP contribution is 2.24. The predicted octanol–water partition coefficient (Wildman–Crippen LogP) is 2.65. The quantitative estimate of drug-likeness (QED) is 0.366. The first-order chi connectivity index (χ1) is 9.27. The van der Waals surface area contributed by atoms with Gasteiger partial charge in [-0.25, -0.2) is 4.98 Å². The van der Waals surface area contributed by atoms with Crippen LogP contribution in [0.25, 0.3) is 0 Å². The molecule has 0 aliphatic carbocycles. The summed E-state index contributed by atoms with van der Waals surface area (Å²) in [5, 5.41) is 15.0. The average Bonchev–Trinajstić information content (AvgIpc) is 2.85. The number of rotatable bonds is 6. The number of oxime groups is 1. The van der Waals surface area contributed by atoms with Crippen LogP contribution in [0.3, 0.4) is 0 Å². The van der Waals surface area contributed by atoms with Gasteiger partial charge in [-0.3, -0.25) is 4.90 Å². The highest BCUT2D eigenvalue weighted by atomic mass is 32.1. The van der Waals surface area contributed by atoms with Crippen molar-refractivity contribution >= 4 is 17.2 Å². The third-order valence-electron chi connectivity index (χ3n) is 3.28. The summed E-state index contributed by atoms with van der Waals surface area (Å²) in [7, 11) is 0. The van der Waals surface area contributed by atoms with Gasteiger partial charge in [-0.05, 0) is 6.54 Å². The van der Waals surface area contributed by atoms with Gasteiger partial charge in [-0.2, -0.15) is 0 Å². The first-order valence-corrected chi connectivity index (χ1v) is 7.80. The monoisotopic (exact) mass is 298 g/mol. The summed E-state index contributed by atoms with van der Waals surface area (Å²) in [6.45, 7) is 13.1. The zero-order valence-electron chi connectivity index (χ0n) is 13.1. The molecule has 0 aliphatic heterocycles. The van der Waals surface area contributed by atoms with Gasteiger partial charge in [0.2, 0.25) is 0 Å². The van der Waals surface area contributed by atoms with Crippen LogP contribution in [-0.4, -0.2) is 34.0 Å². The molecule has 0 saturated carbocycles. The molecule has 0 aliphatic rings. The average molecular weight is 298 g/mol. The van der Waals surface area contributed by atoms with Crippen molar-refractivity contribution in [2.24, 2.45) is 16.8 Å². The minimum absolute atomic E-state index is 0.0296. The van der Waals surface area contributed by atoms with Crippen LogP contribution in [0.1, 0.15) is 45.3 Å². The van der Waals surface area contributed by atoms with Crippen LogP contribution < -0.4 is 5.73 Å². The van der Waals surface area contributed by atoms with Crippen molar-refractivity contribution in [3.63, 3.8) is 0 Å². The molecule has 1 atom stereocenters. The molecule has 0 fully saturated rings. The number of nitrogens with zero attached hydrogens (tertiary/aromatic N) is 3. The van der Waals surface area contributed by atoms with Crippen LogP contribution in [0, 0.1) is 5.92 Å². The Morgan fingerprint density at radius 2 is 2.20 bits per heavy atom. The maximum absolute atomic E-state index is 8.71. The molecule has 1 rings (SSSR count). The Labute approximate surface area is 125 Å². The molecule has 114 valence electrons. The van der Waals surface area contributed by atoms with E-state index in [4.69, 9.17) is 15.9 Å². The molecule has 0 radical (unpaired) electrons.